The zero-order chi connectivity index (χ0) is 21.5. The summed E-state index contributed by atoms with van der Waals surface area (Å²) in [6.07, 6.45) is 0. The van der Waals surface area contributed by atoms with Crippen LogP contribution in [0.5, 0.6) is 11.5 Å². The maximum absolute atomic E-state index is 12.3. The number of hydrogen-bond acceptors (Lipinski definition) is 4. The molecule has 2 N–H and O–H groups in total. The molecule has 0 atom stereocenters. The van der Waals surface area contributed by atoms with Crippen LogP contribution in [0.15, 0.2) is 60.7 Å². The van der Waals surface area contributed by atoms with E-state index in [9.17, 15) is 4.79 Å². The monoisotopic (exact) mass is 404 g/mol. The van der Waals surface area contributed by atoms with Crippen LogP contribution in [0.1, 0.15) is 22.3 Å². The average Bonchev–Trinajstić information content (AvgIpc) is 2.75. The van der Waals surface area contributed by atoms with Gasteiger partial charge in [-0.2, -0.15) is 0 Å². The lowest BCUT2D eigenvalue weighted by Gasteiger charge is -2.14. The Balaban J connectivity index is 1.58. The number of carbonyl (C=O) groups is 1. The van der Waals surface area contributed by atoms with E-state index in [1.54, 1.807) is 7.11 Å². The summed E-state index contributed by atoms with van der Waals surface area (Å²) in [5, 5.41) is 6.28. The Hall–Kier alpha value is -3.47. The second kappa shape index (κ2) is 9.83. The summed E-state index contributed by atoms with van der Waals surface area (Å²) in [7, 11) is 1.59. The minimum atomic E-state index is -0.212. The van der Waals surface area contributed by atoms with Crippen LogP contribution in [-0.4, -0.2) is 19.6 Å². The van der Waals surface area contributed by atoms with Gasteiger partial charge in [0.1, 0.15) is 0 Å². The molecule has 0 heterocycles. The molecule has 0 bridgehead atoms. The highest BCUT2D eigenvalue weighted by molar-refractivity contribution is 5.92. The molecule has 0 aliphatic heterocycles. The first kappa shape index (κ1) is 21.2. The number of carbonyl (C=O) groups excluding carboxylic acids is 1. The standard InChI is InChI=1S/C25H28N2O3/c1-17-8-11-21(12-9-17)26-15-20-10-13-23(24(14-20)29-4)30-16-25(28)27-22-7-5-6-18(2)19(22)3/h5-14,26H,15-16H2,1-4H3,(H,27,28). The van der Waals surface area contributed by atoms with E-state index in [0.29, 0.717) is 18.0 Å². The van der Waals surface area contributed by atoms with Crippen LogP contribution in [0.2, 0.25) is 0 Å². The van der Waals surface area contributed by atoms with Gasteiger partial charge < -0.3 is 20.1 Å². The second-order valence-corrected chi connectivity index (χ2v) is 7.29. The predicted octanol–water partition coefficient (Wildman–Crippen LogP) is 5.25. The van der Waals surface area contributed by atoms with E-state index in [2.05, 4.69) is 41.8 Å². The molecule has 0 fully saturated rings. The molecule has 0 spiro atoms. The third-order valence-electron chi connectivity index (χ3n) is 5.01. The van der Waals surface area contributed by atoms with E-state index in [4.69, 9.17) is 9.47 Å². The molecule has 3 aromatic carbocycles. The van der Waals surface area contributed by atoms with E-state index in [1.807, 2.05) is 50.2 Å². The maximum Gasteiger partial charge on any atom is 0.262 e. The molecule has 156 valence electrons. The molecule has 3 rings (SSSR count). The summed E-state index contributed by atoms with van der Waals surface area (Å²) in [6.45, 7) is 6.63. The van der Waals surface area contributed by atoms with Crippen molar-refractivity contribution in [2.45, 2.75) is 27.3 Å². The molecule has 5 heteroatoms. The van der Waals surface area contributed by atoms with Crippen LogP contribution in [0.3, 0.4) is 0 Å². The maximum atomic E-state index is 12.3. The molecule has 0 radical (unpaired) electrons. The Morgan fingerprint density at radius 1 is 0.933 bits per heavy atom. The average molecular weight is 405 g/mol. The molecule has 0 aliphatic carbocycles. The van der Waals surface area contributed by atoms with Gasteiger partial charge in [-0.3, -0.25) is 4.79 Å². The molecule has 5 nitrogen and oxygen atoms in total. The van der Waals surface area contributed by atoms with E-state index in [-0.39, 0.29) is 12.5 Å². The van der Waals surface area contributed by atoms with Crippen molar-refractivity contribution in [3.8, 4) is 11.5 Å². The number of benzene rings is 3. The van der Waals surface area contributed by atoms with Crippen molar-refractivity contribution >= 4 is 17.3 Å². The van der Waals surface area contributed by atoms with Crippen LogP contribution in [0.25, 0.3) is 0 Å². The summed E-state index contributed by atoms with van der Waals surface area (Å²) in [5.74, 6) is 0.918. The Morgan fingerprint density at radius 2 is 1.70 bits per heavy atom. The van der Waals surface area contributed by atoms with Crippen molar-refractivity contribution < 1.29 is 14.3 Å². The summed E-state index contributed by atoms with van der Waals surface area (Å²) < 4.78 is 11.2. The van der Waals surface area contributed by atoms with E-state index < -0.39 is 0 Å². The molecule has 0 aromatic heterocycles. The molecule has 30 heavy (non-hydrogen) atoms. The highest BCUT2D eigenvalue weighted by Gasteiger charge is 2.10. The molecule has 0 saturated carbocycles. The zero-order valence-corrected chi connectivity index (χ0v) is 17.9. The Morgan fingerprint density at radius 3 is 2.43 bits per heavy atom. The highest BCUT2D eigenvalue weighted by Crippen LogP contribution is 2.28. The van der Waals surface area contributed by atoms with Crippen molar-refractivity contribution in [1.82, 2.24) is 0 Å². The second-order valence-electron chi connectivity index (χ2n) is 7.29. The topological polar surface area (TPSA) is 59.6 Å². The van der Waals surface area contributed by atoms with Crippen molar-refractivity contribution in [1.29, 1.82) is 0 Å². The number of hydrogen-bond donors (Lipinski definition) is 2. The summed E-state index contributed by atoms with van der Waals surface area (Å²) in [6, 6.07) is 19.8. The van der Waals surface area contributed by atoms with Crippen molar-refractivity contribution in [3.63, 3.8) is 0 Å². The van der Waals surface area contributed by atoms with Gasteiger partial charge in [-0.1, -0.05) is 35.9 Å². The Labute approximate surface area is 178 Å². The van der Waals surface area contributed by atoms with Crippen LogP contribution in [0, 0.1) is 20.8 Å². The summed E-state index contributed by atoms with van der Waals surface area (Å²) >= 11 is 0. The first-order valence-electron chi connectivity index (χ1n) is 9.92. The van der Waals surface area contributed by atoms with Crippen molar-refractivity contribution in [2.24, 2.45) is 0 Å². The van der Waals surface area contributed by atoms with Crippen LogP contribution in [-0.2, 0) is 11.3 Å². The Kier molecular flexibility index (Phi) is 6.96. The minimum Gasteiger partial charge on any atom is -0.493 e. The quantitative estimate of drug-likeness (QED) is 0.538. The van der Waals surface area contributed by atoms with Gasteiger partial charge in [-0.25, -0.2) is 0 Å². The number of aryl methyl sites for hydroxylation is 2. The number of rotatable bonds is 8. The van der Waals surface area contributed by atoms with Gasteiger partial charge in [0.25, 0.3) is 5.91 Å². The lowest BCUT2D eigenvalue weighted by molar-refractivity contribution is -0.118. The number of methoxy groups -OCH3 is 1. The third-order valence-corrected chi connectivity index (χ3v) is 5.01. The lowest BCUT2D eigenvalue weighted by atomic mass is 10.1. The van der Waals surface area contributed by atoms with E-state index in [1.165, 1.54) is 5.56 Å². The van der Waals surface area contributed by atoms with Gasteiger partial charge >= 0.3 is 0 Å². The lowest BCUT2D eigenvalue weighted by Crippen LogP contribution is -2.21. The van der Waals surface area contributed by atoms with E-state index in [0.717, 1.165) is 28.1 Å². The minimum absolute atomic E-state index is 0.0926. The van der Waals surface area contributed by atoms with Gasteiger partial charge in [-0.15, -0.1) is 0 Å². The highest BCUT2D eigenvalue weighted by atomic mass is 16.5. The molecule has 0 unspecified atom stereocenters. The zero-order valence-electron chi connectivity index (χ0n) is 17.9. The van der Waals surface area contributed by atoms with Crippen LogP contribution < -0.4 is 20.1 Å². The molecular weight excluding hydrogens is 376 g/mol. The molecule has 3 aromatic rings. The number of nitrogens with one attached hydrogen (secondary N) is 2. The summed E-state index contributed by atoms with van der Waals surface area (Å²) in [5.41, 5.74) is 6.32. The first-order valence-corrected chi connectivity index (χ1v) is 9.92. The molecule has 1 amide bonds. The number of anilines is 2. The number of ether oxygens (including phenoxy) is 2. The van der Waals surface area contributed by atoms with Crippen LogP contribution >= 0.6 is 0 Å². The summed E-state index contributed by atoms with van der Waals surface area (Å²) in [4.78, 5) is 12.3. The van der Waals surface area contributed by atoms with Gasteiger partial charge in [0.15, 0.2) is 18.1 Å². The third kappa shape index (κ3) is 5.54. The van der Waals surface area contributed by atoms with Crippen molar-refractivity contribution in [3.05, 3.63) is 82.9 Å². The molecule has 0 aliphatic rings. The fourth-order valence-electron chi connectivity index (χ4n) is 3.03. The van der Waals surface area contributed by atoms with Gasteiger partial charge in [-0.05, 0) is 67.8 Å². The first-order chi connectivity index (χ1) is 14.5. The fourth-order valence-corrected chi connectivity index (χ4v) is 3.03. The van der Waals surface area contributed by atoms with Gasteiger partial charge in [0, 0.05) is 17.9 Å². The van der Waals surface area contributed by atoms with Crippen molar-refractivity contribution in [2.75, 3.05) is 24.4 Å². The fraction of sp³-hybridized carbons (Fsp3) is 0.240. The smallest absolute Gasteiger partial charge is 0.262 e. The SMILES string of the molecule is COc1cc(CNc2ccc(C)cc2)ccc1OCC(=O)Nc1cccc(C)c1C. The Bertz CT molecular complexity index is 1010. The van der Waals surface area contributed by atoms with E-state index >= 15 is 0 Å². The molecular formula is C25H28N2O3. The largest absolute Gasteiger partial charge is 0.493 e. The molecule has 0 saturated heterocycles. The van der Waals surface area contributed by atoms with Crippen LogP contribution in [0.4, 0.5) is 11.4 Å². The van der Waals surface area contributed by atoms with Gasteiger partial charge in [0.2, 0.25) is 0 Å². The normalized spacial score (nSPS) is 10.4. The predicted molar refractivity (Wildman–Crippen MR) is 122 cm³/mol. The number of amides is 1. The van der Waals surface area contributed by atoms with Gasteiger partial charge in [0.05, 0.1) is 7.11 Å².